The van der Waals surface area contributed by atoms with Crippen LogP contribution in [-0.4, -0.2) is 11.2 Å². The van der Waals surface area contributed by atoms with E-state index < -0.39 is 0 Å². The average Bonchev–Trinajstić information content (AvgIpc) is 3.11. The Kier molecular flexibility index (Phi) is 7.02. The van der Waals surface area contributed by atoms with E-state index >= 15 is 0 Å². The first-order valence-electron chi connectivity index (χ1n) is 14.5. The van der Waals surface area contributed by atoms with Crippen LogP contribution in [0, 0.1) is 51.8 Å². The van der Waals surface area contributed by atoms with Gasteiger partial charge in [0, 0.05) is 0 Å². The molecule has 1 heteroatoms. The van der Waals surface area contributed by atoms with Crippen molar-refractivity contribution in [1.29, 1.82) is 0 Å². The minimum absolute atomic E-state index is 0.0954. The Bertz CT molecular complexity index is 687. The van der Waals surface area contributed by atoms with Crippen LogP contribution in [0.25, 0.3) is 0 Å². The molecule has 1 nitrogen and oxygen atoms in total. The smallest absolute Gasteiger partial charge is 0.0599 e. The van der Waals surface area contributed by atoms with Gasteiger partial charge >= 0.3 is 0 Å². The molecule has 0 saturated heterocycles. The van der Waals surface area contributed by atoms with Crippen molar-refractivity contribution >= 4 is 0 Å². The lowest BCUT2D eigenvalue weighted by molar-refractivity contribution is -0.145. The third kappa shape index (κ3) is 3.67. The van der Waals surface area contributed by atoms with Gasteiger partial charge in [0.15, 0.2) is 0 Å². The molecule has 184 valence electrons. The Balaban J connectivity index is 1.57. The quantitative estimate of drug-likeness (QED) is 0.390. The fourth-order valence-corrected chi connectivity index (χ4v) is 10.2. The number of aliphatic hydroxyl groups is 1. The Hall–Kier alpha value is -0.300. The summed E-state index contributed by atoms with van der Waals surface area (Å²) in [5.41, 5.74) is 2.95. The molecular formula is C31H54O. The molecule has 3 fully saturated rings. The third-order valence-electron chi connectivity index (χ3n) is 12.1. The van der Waals surface area contributed by atoms with Gasteiger partial charge in [0.05, 0.1) is 6.10 Å². The summed E-state index contributed by atoms with van der Waals surface area (Å²) in [6, 6.07) is 0. The molecular weight excluding hydrogens is 388 g/mol. The highest BCUT2D eigenvalue weighted by Gasteiger charge is 2.62. The molecule has 1 N–H and O–H groups in total. The summed E-state index contributed by atoms with van der Waals surface area (Å²) in [7, 11) is 0. The summed E-state index contributed by atoms with van der Waals surface area (Å²) in [5, 5.41) is 11.1. The highest BCUT2D eigenvalue weighted by atomic mass is 16.3. The van der Waals surface area contributed by atoms with Crippen molar-refractivity contribution in [1.82, 2.24) is 0 Å². The minimum Gasteiger partial charge on any atom is -0.393 e. The Morgan fingerprint density at radius 2 is 1.56 bits per heavy atom. The second-order valence-corrected chi connectivity index (χ2v) is 13.6. The van der Waals surface area contributed by atoms with Crippen molar-refractivity contribution in [3.63, 3.8) is 0 Å². The van der Waals surface area contributed by atoms with E-state index in [1.54, 1.807) is 0 Å². The first kappa shape index (κ1) is 24.8. The van der Waals surface area contributed by atoms with Gasteiger partial charge in [0.1, 0.15) is 0 Å². The van der Waals surface area contributed by atoms with Crippen LogP contribution in [0.3, 0.4) is 0 Å². The van der Waals surface area contributed by atoms with E-state index in [4.69, 9.17) is 0 Å². The third-order valence-corrected chi connectivity index (χ3v) is 12.1. The largest absolute Gasteiger partial charge is 0.393 e. The minimum atomic E-state index is -0.0954. The molecule has 0 aromatic rings. The fourth-order valence-electron chi connectivity index (χ4n) is 10.2. The van der Waals surface area contributed by atoms with Crippen LogP contribution >= 0.6 is 0 Å². The molecule has 0 heterocycles. The molecule has 1 unspecified atom stereocenters. The second-order valence-electron chi connectivity index (χ2n) is 13.6. The lowest BCUT2D eigenvalue weighted by Gasteiger charge is -2.63. The van der Waals surface area contributed by atoms with Gasteiger partial charge < -0.3 is 5.11 Å². The molecule has 0 bridgehead atoms. The summed E-state index contributed by atoms with van der Waals surface area (Å²) in [5.74, 6) is 4.92. The first-order valence-corrected chi connectivity index (χ1v) is 14.5. The fraction of sp³-hybridized carbons (Fsp3) is 0.935. The van der Waals surface area contributed by atoms with E-state index in [2.05, 4.69) is 54.5 Å². The zero-order chi connectivity index (χ0) is 23.3. The molecule has 0 radical (unpaired) electrons. The van der Waals surface area contributed by atoms with E-state index in [9.17, 15) is 5.11 Å². The zero-order valence-electron chi connectivity index (χ0n) is 22.6. The predicted octanol–water partition coefficient (Wildman–Crippen LogP) is 8.81. The van der Waals surface area contributed by atoms with Gasteiger partial charge in [-0.15, -0.1) is 0 Å². The topological polar surface area (TPSA) is 20.2 Å². The second kappa shape index (κ2) is 9.05. The maximum absolute atomic E-state index is 11.1. The van der Waals surface area contributed by atoms with Crippen LogP contribution in [0.4, 0.5) is 0 Å². The van der Waals surface area contributed by atoms with E-state index in [0.29, 0.717) is 16.7 Å². The highest BCUT2D eigenvalue weighted by molar-refractivity contribution is 5.29. The van der Waals surface area contributed by atoms with E-state index in [1.807, 2.05) is 5.57 Å². The molecule has 4 aliphatic carbocycles. The van der Waals surface area contributed by atoms with Crippen molar-refractivity contribution in [3.8, 4) is 0 Å². The average molecular weight is 443 g/mol. The van der Waals surface area contributed by atoms with Crippen molar-refractivity contribution in [2.75, 3.05) is 0 Å². The maximum Gasteiger partial charge on any atom is 0.0599 e. The Labute approximate surface area is 200 Å². The summed E-state index contributed by atoms with van der Waals surface area (Å²) < 4.78 is 0. The normalized spacial score (nSPS) is 43.9. The van der Waals surface area contributed by atoms with E-state index in [1.165, 1.54) is 57.8 Å². The Morgan fingerprint density at radius 1 is 0.906 bits per heavy atom. The molecule has 0 amide bonds. The number of allylic oxidation sites excluding steroid dienone is 2. The Morgan fingerprint density at radius 3 is 2.22 bits per heavy atom. The van der Waals surface area contributed by atoms with Crippen molar-refractivity contribution in [2.45, 2.75) is 132 Å². The van der Waals surface area contributed by atoms with Gasteiger partial charge in [-0.3, -0.25) is 0 Å². The number of rotatable bonds is 7. The van der Waals surface area contributed by atoms with Crippen LogP contribution in [0.5, 0.6) is 0 Å². The standard InChI is InChI=1S/C31H54O/c1-8-31(9-2)27-16-13-23-25-15-14-24(22(5)12-10-11-21(3)4)29(25,6)19-17-26(23)30(27,7)20-18-28(31)32/h13,21-22,24-28,32H,8-12,14-20H2,1-7H3/t22-,24-,25+,26+,27?,28-,29-,30-/m1/s1. The molecule has 0 aliphatic heterocycles. The molecule has 0 aromatic heterocycles. The first-order chi connectivity index (χ1) is 15.1. The zero-order valence-corrected chi connectivity index (χ0v) is 22.6. The molecule has 4 aliphatic rings. The van der Waals surface area contributed by atoms with Crippen LogP contribution in [0.2, 0.25) is 0 Å². The van der Waals surface area contributed by atoms with Crippen LogP contribution < -0.4 is 0 Å². The molecule has 8 atom stereocenters. The molecule has 0 aromatic carbocycles. The van der Waals surface area contributed by atoms with Gasteiger partial charge in [0.25, 0.3) is 0 Å². The van der Waals surface area contributed by atoms with Gasteiger partial charge in [-0.1, -0.05) is 79.4 Å². The summed E-state index contributed by atoms with van der Waals surface area (Å²) in [6.07, 6.45) is 18.4. The lowest BCUT2D eigenvalue weighted by atomic mass is 9.42. The maximum atomic E-state index is 11.1. The highest BCUT2D eigenvalue weighted by Crippen LogP contribution is 2.69. The van der Waals surface area contributed by atoms with Gasteiger partial charge in [-0.2, -0.15) is 0 Å². The van der Waals surface area contributed by atoms with Gasteiger partial charge in [-0.25, -0.2) is 0 Å². The number of aliphatic hydroxyl groups excluding tert-OH is 1. The SMILES string of the molecule is CCC1(CC)C2CC=C3[C@@H]4CC[C@H]([C@H](C)CCCC(C)C)[C@@]4(C)CC[C@@H]3[C@@]2(C)CC[C@H]1O. The van der Waals surface area contributed by atoms with Crippen molar-refractivity contribution in [2.24, 2.45) is 51.8 Å². The molecule has 3 saturated carbocycles. The van der Waals surface area contributed by atoms with Crippen molar-refractivity contribution in [3.05, 3.63) is 11.6 Å². The van der Waals surface area contributed by atoms with E-state index in [0.717, 1.165) is 48.9 Å². The van der Waals surface area contributed by atoms with Crippen LogP contribution in [0.15, 0.2) is 11.6 Å². The summed E-state index contributed by atoms with van der Waals surface area (Å²) in [4.78, 5) is 0. The van der Waals surface area contributed by atoms with Crippen LogP contribution in [0.1, 0.15) is 126 Å². The van der Waals surface area contributed by atoms with Gasteiger partial charge in [0.2, 0.25) is 0 Å². The lowest BCUT2D eigenvalue weighted by Crippen LogP contribution is -2.58. The molecule has 0 spiro atoms. The summed E-state index contributed by atoms with van der Waals surface area (Å²) in [6.45, 7) is 17.3. The summed E-state index contributed by atoms with van der Waals surface area (Å²) >= 11 is 0. The number of hydrogen-bond donors (Lipinski definition) is 1. The molecule has 4 rings (SSSR count). The number of hydrogen-bond acceptors (Lipinski definition) is 1. The van der Waals surface area contributed by atoms with E-state index in [-0.39, 0.29) is 11.5 Å². The monoisotopic (exact) mass is 442 g/mol. The number of fused-ring (bicyclic) bond motifs is 5. The van der Waals surface area contributed by atoms with Crippen LogP contribution in [-0.2, 0) is 0 Å². The van der Waals surface area contributed by atoms with Crippen molar-refractivity contribution < 1.29 is 5.11 Å². The predicted molar refractivity (Wildman–Crippen MR) is 137 cm³/mol. The molecule has 32 heavy (non-hydrogen) atoms. The van der Waals surface area contributed by atoms with Gasteiger partial charge in [-0.05, 0) is 110 Å².